The van der Waals surface area contributed by atoms with E-state index >= 15 is 0 Å². The SMILES string of the molecule is COc1ccc(F)cc1[C@H](Cn1c(=O)n(C(C)(C)C(=O)CC(C)C)c(=O)c2c(C)c(-n3nccn3)sc21)OC1CCOCC1. The third-order valence-electron chi connectivity index (χ3n) is 8.03. The van der Waals surface area contributed by atoms with Gasteiger partial charge in [-0.2, -0.15) is 10.2 Å². The van der Waals surface area contributed by atoms with Crippen LogP contribution in [0.15, 0.2) is 40.2 Å². The van der Waals surface area contributed by atoms with Crippen LogP contribution in [0.25, 0.3) is 15.2 Å². The molecule has 0 amide bonds. The molecule has 1 aromatic carbocycles. The van der Waals surface area contributed by atoms with Gasteiger partial charge in [-0.3, -0.25) is 14.2 Å². The Hall–Kier alpha value is -3.68. The summed E-state index contributed by atoms with van der Waals surface area (Å²) in [5.41, 5.74) is -1.68. The number of hydrogen-bond acceptors (Lipinski definition) is 9. The van der Waals surface area contributed by atoms with Crippen molar-refractivity contribution in [1.29, 1.82) is 0 Å². The van der Waals surface area contributed by atoms with E-state index in [1.54, 1.807) is 20.8 Å². The number of ether oxygens (including phenoxy) is 3. The normalized spacial score (nSPS) is 15.3. The van der Waals surface area contributed by atoms with Gasteiger partial charge in [0.25, 0.3) is 5.56 Å². The van der Waals surface area contributed by atoms with E-state index in [1.807, 2.05) is 13.8 Å². The Kier molecular flexibility index (Phi) is 9.19. The summed E-state index contributed by atoms with van der Waals surface area (Å²) < 4.78 is 34.9. The van der Waals surface area contributed by atoms with Crippen LogP contribution in [0.2, 0.25) is 0 Å². The second-order valence-corrected chi connectivity index (χ2v) is 12.9. The molecule has 0 aliphatic carbocycles. The molecule has 44 heavy (non-hydrogen) atoms. The van der Waals surface area contributed by atoms with E-state index in [9.17, 15) is 18.8 Å². The molecule has 0 N–H and O–H groups in total. The van der Waals surface area contributed by atoms with Gasteiger partial charge in [-0.25, -0.2) is 13.8 Å². The quantitative estimate of drug-likeness (QED) is 0.238. The summed E-state index contributed by atoms with van der Waals surface area (Å²) in [6, 6.07) is 4.16. The van der Waals surface area contributed by atoms with Crippen LogP contribution < -0.4 is 16.0 Å². The number of methoxy groups -OCH3 is 1. The van der Waals surface area contributed by atoms with Gasteiger partial charge in [-0.05, 0) is 57.7 Å². The molecule has 13 heteroatoms. The second-order valence-electron chi connectivity index (χ2n) is 12.0. The maximum Gasteiger partial charge on any atom is 0.333 e. The van der Waals surface area contributed by atoms with Gasteiger partial charge in [0, 0.05) is 30.8 Å². The zero-order valence-corrected chi connectivity index (χ0v) is 26.6. The Balaban J connectivity index is 1.77. The van der Waals surface area contributed by atoms with Crippen molar-refractivity contribution in [3.63, 3.8) is 0 Å². The van der Waals surface area contributed by atoms with Crippen LogP contribution in [0.1, 0.15) is 64.2 Å². The van der Waals surface area contributed by atoms with Crippen molar-refractivity contribution in [3.05, 3.63) is 68.4 Å². The van der Waals surface area contributed by atoms with Gasteiger partial charge in [0.1, 0.15) is 33.0 Å². The predicted octanol–water partition coefficient (Wildman–Crippen LogP) is 4.55. The maximum atomic E-state index is 14.7. The molecule has 0 bridgehead atoms. The van der Waals surface area contributed by atoms with Gasteiger partial charge in [0.2, 0.25) is 0 Å². The maximum absolute atomic E-state index is 14.7. The molecule has 0 saturated carbocycles. The molecule has 236 valence electrons. The van der Waals surface area contributed by atoms with Crippen molar-refractivity contribution in [2.24, 2.45) is 5.92 Å². The predicted molar refractivity (Wildman–Crippen MR) is 164 cm³/mol. The lowest BCUT2D eigenvalue weighted by atomic mass is 9.91. The average molecular weight is 628 g/mol. The van der Waals surface area contributed by atoms with Crippen LogP contribution >= 0.6 is 11.3 Å². The lowest BCUT2D eigenvalue weighted by Crippen LogP contribution is -2.53. The monoisotopic (exact) mass is 627 g/mol. The van der Waals surface area contributed by atoms with Crippen LogP contribution in [0.3, 0.4) is 0 Å². The fourth-order valence-electron chi connectivity index (χ4n) is 5.63. The van der Waals surface area contributed by atoms with Gasteiger partial charge in [-0.1, -0.05) is 25.2 Å². The number of Topliss-reactive ketones (excluding diaryl/α,β-unsaturated/α-hetero) is 1. The molecular weight excluding hydrogens is 589 g/mol. The molecule has 1 saturated heterocycles. The molecule has 1 aliphatic rings. The zero-order chi connectivity index (χ0) is 31.8. The van der Waals surface area contributed by atoms with Gasteiger partial charge in [-0.15, -0.1) is 4.80 Å². The van der Waals surface area contributed by atoms with E-state index in [-0.39, 0.29) is 36.2 Å². The van der Waals surface area contributed by atoms with Crippen molar-refractivity contribution >= 4 is 27.3 Å². The summed E-state index contributed by atoms with van der Waals surface area (Å²) in [6.45, 7) is 9.75. The number of carbonyl (C=O) groups is 1. The standard InChI is InChI=1S/C31H38FN5O6S/c1-18(2)15-25(38)31(4,5)36-27(39)26-19(3)28(37-33-11-12-34-37)44-29(26)35(30(36)40)17-24(43-21-9-13-42-14-10-21)22-16-20(32)7-8-23(22)41-6/h7-8,11-12,16,18,21,24H,9-10,13-15,17H2,1-6H3/t24-/m0/s1. The van der Waals surface area contributed by atoms with E-state index in [0.29, 0.717) is 52.8 Å². The number of aromatic nitrogens is 5. The van der Waals surface area contributed by atoms with E-state index in [2.05, 4.69) is 10.2 Å². The number of carbonyl (C=O) groups excluding carboxylic acids is 1. The van der Waals surface area contributed by atoms with E-state index in [0.717, 1.165) is 4.57 Å². The second kappa shape index (κ2) is 12.7. The fourth-order valence-corrected chi connectivity index (χ4v) is 6.85. The van der Waals surface area contributed by atoms with Crippen LogP contribution in [0.4, 0.5) is 4.39 Å². The highest BCUT2D eigenvalue weighted by Gasteiger charge is 2.36. The lowest BCUT2D eigenvalue weighted by Gasteiger charge is -2.30. The Morgan fingerprint density at radius 1 is 1.18 bits per heavy atom. The third kappa shape index (κ3) is 6.00. The highest BCUT2D eigenvalue weighted by molar-refractivity contribution is 7.21. The summed E-state index contributed by atoms with van der Waals surface area (Å²) in [5.74, 6) is -0.289. The molecule has 1 aliphatic heterocycles. The van der Waals surface area contributed by atoms with Crippen molar-refractivity contribution in [2.45, 2.75) is 78.2 Å². The molecule has 5 rings (SSSR count). The van der Waals surface area contributed by atoms with Gasteiger partial charge < -0.3 is 14.2 Å². The largest absolute Gasteiger partial charge is 0.496 e. The molecule has 1 atom stereocenters. The minimum Gasteiger partial charge on any atom is -0.496 e. The van der Waals surface area contributed by atoms with Crippen molar-refractivity contribution < 1.29 is 23.4 Å². The molecule has 1 fully saturated rings. The fraction of sp³-hybridized carbons (Fsp3) is 0.516. The minimum absolute atomic E-state index is 0.0292. The molecule has 4 heterocycles. The summed E-state index contributed by atoms with van der Waals surface area (Å²) in [6.07, 6.45) is 3.45. The first-order chi connectivity index (χ1) is 20.9. The van der Waals surface area contributed by atoms with Crippen molar-refractivity contribution in [2.75, 3.05) is 20.3 Å². The highest BCUT2D eigenvalue weighted by Crippen LogP contribution is 2.35. The Labute approximate surface area is 258 Å². The van der Waals surface area contributed by atoms with Crippen LogP contribution in [-0.4, -0.2) is 56.3 Å². The molecule has 4 aromatic rings. The summed E-state index contributed by atoms with van der Waals surface area (Å²) in [5, 5.41) is 9.33. The van der Waals surface area contributed by atoms with E-state index in [4.69, 9.17) is 14.2 Å². The highest BCUT2D eigenvalue weighted by atomic mass is 32.1. The van der Waals surface area contributed by atoms with Crippen LogP contribution in [0, 0.1) is 18.7 Å². The molecule has 0 spiro atoms. The molecule has 11 nitrogen and oxygen atoms in total. The van der Waals surface area contributed by atoms with Gasteiger partial charge >= 0.3 is 5.69 Å². The Morgan fingerprint density at radius 2 is 1.86 bits per heavy atom. The molecular formula is C31H38FN5O6S. The summed E-state index contributed by atoms with van der Waals surface area (Å²) in [7, 11) is 1.49. The van der Waals surface area contributed by atoms with Crippen LogP contribution in [0.5, 0.6) is 5.75 Å². The van der Waals surface area contributed by atoms with Gasteiger partial charge in [0.05, 0.1) is 37.5 Å². The molecule has 3 aromatic heterocycles. The zero-order valence-electron chi connectivity index (χ0n) is 25.8. The number of nitrogens with zero attached hydrogens (tertiary/aromatic N) is 5. The number of aryl methyl sites for hydroxylation is 1. The minimum atomic E-state index is -1.44. The number of ketones is 1. The van der Waals surface area contributed by atoms with E-state index < -0.39 is 28.7 Å². The average Bonchev–Trinajstić information content (AvgIpc) is 3.63. The van der Waals surface area contributed by atoms with Crippen LogP contribution in [-0.2, 0) is 26.4 Å². The first-order valence-electron chi connectivity index (χ1n) is 14.7. The number of thiophene rings is 1. The van der Waals surface area contributed by atoms with Crippen molar-refractivity contribution in [1.82, 2.24) is 24.1 Å². The van der Waals surface area contributed by atoms with E-state index in [1.165, 1.54) is 58.4 Å². The Morgan fingerprint density at radius 3 is 2.50 bits per heavy atom. The smallest absolute Gasteiger partial charge is 0.333 e. The summed E-state index contributed by atoms with van der Waals surface area (Å²) in [4.78, 5) is 44.0. The van der Waals surface area contributed by atoms with Crippen molar-refractivity contribution in [3.8, 4) is 10.8 Å². The number of benzene rings is 1. The summed E-state index contributed by atoms with van der Waals surface area (Å²) >= 11 is 1.19. The first-order valence-corrected chi connectivity index (χ1v) is 15.5. The third-order valence-corrected chi connectivity index (χ3v) is 9.32. The number of halogens is 1. The number of hydrogen-bond donors (Lipinski definition) is 0. The molecule has 0 unspecified atom stereocenters. The Bertz CT molecular complexity index is 1770. The van der Waals surface area contributed by atoms with Gasteiger partial charge in [0.15, 0.2) is 5.78 Å². The molecule has 0 radical (unpaired) electrons. The lowest BCUT2D eigenvalue weighted by molar-refractivity contribution is -0.127. The number of rotatable bonds is 11. The topological polar surface area (TPSA) is 119 Å². The first kappa shape index (κ1) is 31.7. The number of fused-ring (bicyclic) bond motifs is 1.